The Morgan fingerprint density at radius 2 is 2.03 bits per heavy atom. The monoisotopic (exact) mass is 439 g/mol. The number of nitrogens with zero attached hydrogens (tertiary/aromatic N) is 2. The molecule has 156 valence electrons. The second-order valence-corrected chi connectivity index (χ2v) is 9.04. The van der Waals surface area contributed by atoms with Gasteiger partial charge in [-0.3, -0.25) is 4.79 Å². The number of hydrogen-bond acceptors (Lipinski definition) is 5. The van der Waals surface area contributed by atoms with Crippen LogP contribution in [-0.2, 0) is 33.1 Å². The number of aryl methyl sites for hydroxylation is 1. The Labute approximate surface area is 174 Å². The molecule has 1 aromatic carbocycles. The fourth-order valence-electron chi connectivity index (χ4n) is 3.35. The van der Waals surface area contributed by atoms with Crippen LogP contribution < -0.4 is 5.32 Å². The van der Waals surface area contributed by atoms with Crippen LogP contribution in [0.15, 0.2) is 41.4 Å². The van der Waals surface area contributed by atoms with E-state index in [0.717, 1.165) is 5.56 Å². The number of esters is 1. The Morgan fingerprint density at radius 1 is 1.31 bits per heavy atom. The van der Waals surface area contributed by atoms with Crippen LogP contribution in [0.2, 0.25) is 5.02 Å². The normalized spacial score (nSPS) is 17.3. The molecule has 1 fully saturated rings. The third-order valence-corrected chi connectivity index (χ3v) is 7.14. The van der Waals surface area contributed by atoms with Gasteiger partial charge in [-0.15, -0.1) is 0 Å². The zero-order valence-electron chi connectivity index (χ0n) is 16.1. The number of carbonyl (C=O) groups is 2. The molecule has 1 N–H and O–H groups in total. The topological polar surface area (TPSA) is 97.7 Å². The highest BCUT2D eigenvalue weighted by Gasteiger charge is 2.40. The number of rotatable bonds is 6. The molecular formula is C19H22ClN3O5S. The summed E-state index contributed by atoms with van der Waals surface area (Å²) in [7, 11) is -1.17. The Balaban J connectivity index is 1.78. The predicted octanol–water partition coefficient (Wildman–Crippen LogP) is 1.93. The molecule has 10 heteroatoms. The lowest BCUT2D eigenvalue weighted by Crippen LogP contribution is -2.45. The fraction of sp³-hybridized carbons (Fsp3) is 0.368. The van der Waals surface area contributed by atoms with Gasteiger partial charge in [-0.1, -0.05) is 29.8 Å². The molecular weight excluding hydrogens is 418 g/mol. The van der Waals surface area contributed by atoms with E-state index in [1.165, 1.54) is 28.2 Å². The van der Waals surface area contributed by atoms with E-state index in [1.807, 2.05) is 6.07 Å². The molecule has 2 aromatic rings. The first-order valence-electron chi connectivity index (χ1n) is 9.03. The van der Waals surface area contributed by atoms with Crippen LogP contribution in [0.3, 0.4) is 0 Å². The van der Waals surface area contributed by atoms with Crippen LogP contribution in [0, 0.1) is 0 Å². The summed E-state index contributed by atoms with van der Waals surface area (Å²) in [6, 6.07) is 7.57. The summed E-state index contributed by atoms with van der Waals surface area (Å²) in [5, 5.41) is 3.30. The fourth-order valence-corrected chi connectivity index (χ4v) is 5.28. The number of ether oxygens (including phenoxy) is 1. The molecule has 0 radical (unpaired) electrons. The predicted molar refractivity (Wildman–Crippen MR) is 107 cm³/mol. The summed E-state index contributed by atoms with van der Waals surface area (Å²) >= 11 is 6.11. The second-order valence-electron chi connectivity index (χ2n) is 6.75. The zero-order chi connectivity index (χ0) is 21.2. The van der Waals surface area contributed by atoms with Crippen molar-refractivity contribution in [3.8, 4) is 0 Å². The van der Waals surface area contributed by atoms with Crippen molar-refractivity contribution in [2.45, 2.75) is 30.3 Å². The van der Waals surface area contributed by atoms with Gasteiger partial charge in [0.1, 0.15) is 16.6 Å². The molecule has 1 aliphatic heterocycles. The first-order chi connectivity index (χ1) is 13.8. The summed E-state index contributed by atoms with van der Waals surface area (Å²) in [5.41, 5.74) is 0.866. The van der Waals surface area contributed by atoms with E-state index in [1.54, 1.807) is 25.2 Å². The van der Waals surface area contributed by atoms with E-state index < -0.39 is 22.0 Å². The molecule has 2 heterocycles. The molecule has 1 saturated heterocycles. The molecule has 1 unspecified atom stereocenters. The van der Waals surface area contributed by atoms with Gasteiger partial charge in [0.25, 0.3) is 0 Å². The van der Waals surface area contributed by atoms with Crippen LogP contribution >= 0.6 is 11.6 Å². The van der Waals surface area contributed by atoms with Gasteiger partial charge >= 0.3 is 5.97 Å². The van der Waals surface area contributed by atoms with Crippen molar-refractivity contribution in [1.82, 2.24) is 14.2 Å². The van der Waals surface area contributed by atoms with Crippen LogP contribution in [-0.4, -0.2) is 48.9 Å². The van der Waals surface area contributed by atoms with Gasteiger partial charge in [0, 0.05) is 31.4 Å². The van der Waals surface area contributed by atoms with E-state index in [-0.39, 0.29) is 29.6 Å². The largest absolute Gasteiger partial charge is 0.464 e. The van der Waals surface area contributed by atoms with E-state index in [9.17, 15) is 18.0 Å². The maximum absolute atomic E-state index is 13.1. The smallest absolute Gasteiger partial charge is 0.354 e. The van der Waals surface area contributed by atoms with Crippen molar-refractivity contribution in [2.75, 3.05) is 13.7 Å². The van der Waals surface area contributed by atoms with Gasteiger partial charge in [-0.05, 0) is 30.5 Å². The molecule has 1 aromatic heterocycles. The number of aromatic nitrogens is 1. The molecule has 0 spiro atoms. The Kier molecular flexibility index (Phi) is 6.30. The first-order valence-corrected chi connectivity index (χ1v) is 10.8. The summed E-state index contributed by atoms with van der Waals surface area (Å²) < 4.78 is 33.5. The maximum Gasteiger partial charge on any atom is 0.354 e. The summed E-state index contributed by atoms with van der Waals surface area (Å²) in [6.07, 6.45) is 2.34. The maximum atomic E-state index is 13.1. The molecule has 0 bridgehead atoms. The number of nitrogens with one attached hydrogen (secondary N) is 1. The molecule has 29 heavy (non-hydrogen) atoms. The third-order valence-electron chi connectivity index (χ3n) is 4.90. The standard InChI is InChI=1S/C19H22ClN3O5S/c1-22-12-14(10-17(22)19(25)28-2)29(26,27)23-9-5-8-16(23)18(24)21-11-13-6-3-4-7-15(13)20/h3-4,6-7,10,12,16H,5,8-9,11H2,1-2H3,(H,21,24). The third kappa shape index (κ3) is 4.31. The van der Waals surface area contributed by atoms with Crippen LogP contribution in [0.1, 0.15) is 28.9 Å². The highest BCUT2D eigenvalue weighted by molar-refractivity contribution is 7.89. The van der Waals surface area contributed by atoms with Gasteiger partial charge in [0.2, 0.25) is 15.9 Å². The Hall–Kier alpha value is -2.36. The minimum Gasteiger partial charge on any atom is -0.464 e. The van der Waals surface area contributed by atoms with E-state index in [2.05, 4.69) is 10.1 Å². The average Bonchev–Trinajstić information content (AvgIpc) is 3.34. The van der Waals surface area contributed by atoms with Gasteiger partial charge in [-0.25, -0.2) is 13.2 Å². The lowest BCUT2D eigenvalue weighted by atomic mass is 10.2. The van der Waals surface area contributed by atoms with Crippen molar-refractivity contribution in [3.05, 3.63) is 52.8 Å². The van der Waals surface area contributed by atoms with Crippen LogP contribution in [0.4, 0.5) is 0 Å². The van der Waals surface area contributed by atoms with Crippen molar-refractivity contribution >= 4 is 33.5 Å². The molecule has 0 aliphatic carbocycles. The molecule has 3 rings (SSSR count). The SMILES string of the molecule is COC(=O)c1cc(S(=O)(=O)N2CCCC2C(=O)NCc2ccccc2Cl)cn1C. The number of methoxy groups -OCH3 is 1. The number of hydrogen-bond donors (Lipinski definition) is 1. The van der Waals surface area contributed by atoms with Crippen molar-refractivity contribution in [3.63, 3.8) is 0 Å². The molecule has 1 amide bonds. The number of amides is 1. The summed E-state index contributed by atoms with van der Waals surface area (Å²) in [5.74, 6) is -1.01. The minimum atomic E-state index is -3.95. The number of benzene rings is 1. The number of sulfonamides is 1. The highest BCUT2D eigenvalue weighted by atomic mass is 35.5. The second kappa shape index (κ2) is 8.56. The van der Waals surface area contributed by atoms with Gasteiger partial charge < -0.3 is 14.6 Å². The number of halogens is 1. The van der Waals surface area contributed by atoms with Crippen LogP contribution in [0.5, 0.6) is 0 Å². The van der Waals surface area contributed by atoms with E-state index in [0.29, 0.717) is 17.9 Å². The lowest BCUT2D eigenvalue weighted by Gasteiger charge is -2.23. The molecule has 8 nitrogen and oxygen atoms in total. The molecule has 1 aliphatic rings. The van der Waals surface area contributed by atoms with Crippen molar-refractivity contribution in [2.24, 2.45) is 7.05 Å². The van der Waals surface area contributed by atoms with Crippen molar-refractivity contribution < 1.29 is 22.7 Å². The lowest BCUT2D eigenvalue weighted by molar-refractivity contribution is -0.124. The Morgan fingerprint density at radius 3 is 2.72 bits per heavy atom. The van der Waals surface area contributed by atoms with E-state index >= 15 is 0 Å². The van der Waals surface area contributed by atoms with E-state index in [4.69, 9.17) is 11.6 Å². The van der Waals surface area contributed by atoms with Gasteiger partial charge in [0.15, 0.2) is 0 Å². The van der Waals surface area contributed by atoms with Crippen molar-refractivity contribution in [1.29, 1.82) is 0 Å². The quantitative estimate of drug-likeness (QED) is 0.693. The van der Waals surface area contributed by atoms with Crippen LogP contribution in [0.25, 0.3) is 0 Å². The first kappa shape index (κ1) is 21.4. The average molecular weight is 440 g/mol. The minimum absolute atomic E-state index is 0.0498. The molecule has 0 saturated carbocycles. The molecule has 1 atom stereocenters. The zero-order valence-corrected chi connectivity index (χ0v) is 17.7. The summed E-state index contributed by atoms with van der Waals surface area (Å²) in [6.45, 7) is 0.440. The van der Waals surface area contributed by atoms with Gasteiger partial charge in [-0.2, -0.15) is 4.31 Å². The Bertz CT molecular complexity index is 1030. The van der Waals surface area contributed by atoms with Gasteiger partial charge in [0.05, 0.1) is 7.11 Å². The number of carbonyl (C=O) groups excluding carboxylic acids is 2. The summed E-state index contributed by atoms with van der Waals surface area (Å²) in [4.78, 5) is 24.4. The highest BCUT2D eigenvalue weighted by Crippen LogP contribution is 2.27.